The van der Waals surface area contributed by atoms with Gasteiger partial charge in [-0.25, -0.2) is 14.8 Å². The Kier molecular flexibility index (Phi) is 4.71. The predicted molar refractivity (Wildman–Crippen MR) is 87.9 cm³/mol. The van der Waals surface area contributed by atoms with Crippen molar-refractivity contribution in [3.05, 3.63) is 66.4 Å². The van der Waals surface area contributed by atoms with Gasteiger partial charge in [-0.15, -0.1) is 0 Å². The van der Waals surface area contributed by atoms with Crippen LogP contribution in [0.1, 0.15) is 11.3 Å². The zero-order valence-corrected chi connectivity index (χ0v) is 13.0. The normalized spacial score (nSPS) is 10.2. The monoisotopic (exact) mass is 324 g/mol. The third-order valence-electron chi connectivity index (χ3n) is 3.20. The first kappa shape index (κ1) is 15.5. The molecule has 0 spiro atoms. The summed E-state index contributed by atoms with van der Waals surface area (Å²) in [5.41, 5.74) is 1.55. The molecular formula is C17H16N4O3. The lowest BCUT2D eigenvalue weighted by molar-refractivity contribution is 0.251. The number of hydrogen-bond acceptors (Lipinski definition) is 5. The zero-order valence-electron chi connectivity index (χ0n) is 13.0. The van der Waals surface area contributed by atoms with Crippen LogP contribution in [-0.4, -0.2) is 16.0 Å². The average molecular weight is 324 g/mol. The molecule has 2 N–H and O–H groups in total. The summed E-state index contributed by atoms with van der Waals surface area (Å²) in [5.74, 6) is 1.29. The number of ether oxygens (including phenoxy) is 1. The summed E-state index contributed by atoms with van der Waals surface area (Å²) < 4.78 is 10.7. The Morgan fingerprint density at radius 2 is 2.04 bits per heavy atom. The van der Waals surface area contributed by atoms with Crippen LogP contribution >= 0.6 is 0 Å². The van der Waals surface area contributed by atoms with Gasteiger partial charge in [0.2, 0.25) is 0 Å². The van der Waals surface area contributed by atoms with E-state index in [1.807, 2.05) is 6.92 Å². The van der Waals surface area contributed by atoms with Crippen LogP contribution in [0.5, 0.6) is 11.8 Å². The minimum atomic E-state index is -0.311. The fourth-order valence-electron chi connectivity index (χ4n) is 2.03. The van der Waals surface area contributed by atoms with E-state index in [1.54, 1.807) is 55.1 Å². The van der Waals surface area contributed by atoms with Gasteiger partial charge in [0.05, 0.1) is 12.8 Å². The molecule has 0 unspecified atom stereocenters. The number of nitrogens with zero attached hydrogens (tertiary/aromatic N) is 2. The van der Waals surface area contributed by atoms with Crippen LogP contribution in [0.3, 0.4) is 0 Å². The van der Waals surface area contributed by atoms with Crippen molar-refractivity contribution in [3.63, 3.8) is 0 Å². The number of hydrogen-bond donors (Lipinski definition) is 2. The van der Waals surface area contributed by atoms with Crippen molar-refractivity contribution >= 4 is 11.7 Å². The average Bonchev–Trinajstić information content (AvgIpc) is 3.10. The van der Waals surface area contributed by atoms with E-state index in [1.165, 1.54) is 0 Å². The van der Waals surface area contributed by atoms with Gasteiger partial charge in [-0.1, -0.05) is 0 Å². The van der Waals surface area contributed by atoms with Gasteiger partial charge in [-0.05, 0) is 48.9 Å². The van der Waals surface area contributed by atoms with Crippen molar-refractivity contribution < 1.29 is 13.9 Å². The molecular weight excluding hydrogens is 308 g/mol. The molecule has 24 heavy (non-hydrogen) atoms. The Bertz CT molecular complexity index is 804. The molecule has 7 nitrogen and oxygen atoms in total. The second-order valence-corrected chi connectivity index (χ2v) is 5.00. The molecule has 122 valence electrons. The highest BCUT2D eigenvalue weighted by atomic mass is 16.5. The van der Waals surface area contributed by atoms with E-state index < -0.39 is 0 Å². The number of amides is 2. The quantitative estimate of drug-likeness (QED) is 0.750. The summed E-state index contributed by atoms with van der Waals surface area (Å²) in [7, 11) is 0. The summed E-state index contributed by atoms with van der Waals surface area (Å²) in [6.45, 7) is 2.20. The number of benzene rings is 1. The standard InChI is InChI=1S/C17H16N4O3/c1-12-10-13(24-17-18-7-3-8-19-17)5-6-15(12)21-16(22)20-11-14-4-2-9-23-14/h2-10H,11H2,1H3,(H2,20,21,22). The van der Waals surface area contributed by atoms with Gasteiger partial charge in [0.1, 0.15) is 11.5 Å². The molecule has 0 saturated carbocycles. The van der Waals surface area contributed by atoms with Crippen LogP contribution < -0.4 is 15.4 Å². The number of anilines is 1. The van der Waals surface area contributed by atoms with Gasteiger partial charge in [0.25, 0.3) is 0 Å². The molecule has 3 rings (SSSR count). The summed E-state index contributed by atoms with van der Waals surface area (Å²) >= 11 is 0. The van der Waals surface area contributed by atoms with Gasteiger partial charge in [-0.2, -0.15) is 0 Å². The van der Waals surface area contributed by atoms with Crippen molar-refractivity contribution in [2.24, 2.45) is 0 Å². The second kappa shape index (κ2) is 7.28. The number of furan rings is 1. The number of aromatic nitrogens is 2. The van der Waals surface area contributed by atoms with E-state index in [4.69, 9.17) is 9.15 Å². The highest BCUT2D eigenvalue weighted by Crippen LogP contribution is 2.24. The topological polar surface area (TPSA) is 89.3 Å². The Morgan fingerprint density at radius 3 is 2.75 bits per heavy atom. The van der Waals surface area contributed by atoms with Crippen LogP contribution in [0, 0.1) is 6.92 Å². The summed E-state index contributed by atoms with van der Waals surface area (Å²) in [6, 6.07) is 10.6. The minimum Gasteiger partial charge on any atom is -0.467 e. The maximum atomic E-state index is 11.9. The van der Waals surface area contributed by atoms with Crippen LogP contribution in [0.25, 0.3) is 0 Å². The largest absolute Gasteiger partial charge is 0.467 e. The van der Waals surface area contributed by atoms with Crippen molar-refractivity contribution in [2.75, 3.05) is 5.32 Å². The number of urea groups is 1. The van der Waals surface area contributed by atoms with E-state index in [-0.39, 0.29) is 12.0 Å². The predicted octanol–water partition coefficient (Wildman–Crippen LogP) is 3.49. The third kappa shape index (κ3) is 4.10. The maximum absolute atomic E-state index is 11.9. The number of rotatable bonds is 5. The molecule has 0 bridgehead atoms. The fraction of sp³-hybridized carbons (Fsp3) is 0.118. The van der Waals surface area contributed by atoms with Crippen molar-refractivity contribution in [1.29, 1.82) is 0 Å². The highest BCUT2D eigenvalue weighted by molar-refractivity contribution is 5.90. The lowest BCUT2D eigenvalue weighted by atomic mass is 10.2. The first-order valence-corrected chi connectivity index (χ1v) is 7.33. The molecule has 1 aromatic carbocycles. The lowest BCUT2D eigenvalue weighted by Gasteiger charge is -2.11. The smallest absolute Gasteiger partial charge is 0.321 e. The van der Waals surface area contributed by atoms with E-state index in [0.29, 0.717) is 23.7 Å². The zero-order chi connectivity index (χ0) is 16.8. The van der Waals surface area contributed by atoms with Crippen LogP contribution in [0.15, 0.2) is 59.5 Å². The van der Waals surface area contributed by atoms with E-state index >= 15 is 0 Å². The Morgan fingerprint density at radius 1 is 1.21 bits per heavy atom. The molecule has 2 amide bonds. The van der Waals surface area contributed by atoms with Gasteiger partial charge in [0.15, 0.2) is 0 Å². The molecule has 0 aliphatic carbocycles. The molecule has 0 atom stereocenters. The summed E-state index contributed by atoms with van der Waals surface area (Å²) in [6.07, 6.45) is 4.77. The van der Waals surface area contributed by atoms with Crippen LogP contribution in [0.4, 0.5) is 10.5 Å². The number of carbonyl (C=O) groups excluding carboxylic acids is 1. The van der Waals surface area contributed by atoms with Crippen molar-refractivity contribution in [2.45, 2.75) is 13.5 Å². The molecule has 0 aliphatic heterocycles. The second-order valence-electron chi connectivity index (χ2n) is 5.00. The Labute approximate surface area is 138 Å². The molecule has 0 aliphatic rings. The number of carbonyl (C=O) groups is 1. The summed E-state index contributed by atoms with van der Waals surface area (Å²) in [5, 5.41) is 5.51. The Hall–Kier alpha value is -3.35. The minimum absolute atomic E-state index is 0.272. The van der Waals surface area contributed by atoms with E-state index in [2.05, 4.69) is 20.6 Å². The Balaban J connectivity index is 1.59. The molecule has 0 fully saturated rings. The van der Waals surface area contributed by atoms with Crippen LogP contribution in [-0.2, 0) is 6.54 Å². The van der Waals surface area contributed by atoms with Crippen molar-refractivity contribution in [3.8, 4) is 11.8 Å². The van der Waals surface area contributed by atoms with Crippen molar-refractivity contribution in [1.82, 2.24) is 15.3 Å². The molecule has 0 saturated heterocycles. The SMILES string of the molecule is Cc1cc(Oc2ncccn2)ccc1NC(=O)NCc1ccco1. The maximum Gasteiger partial charge on any atom is 0.321 e. The van der Waals surface area contributed by atoms with Gasteiger partial charge >= 0.3 is 12.0 Å². The molecule has 0 radical (unpaired) electrons. The van der Waals surface area contributed by atoms with E-state index in [9.17, 15) is 4.79 Å². The van der Waals surface area contributed by atoms with Gasteiger partial charge < -0.3 is 19.8 Å². The molecule has 2 heterocycles. The number of nitrogens with one attached hydrogen (secondary N) is 2. The van der Waals surface area contributed by atoms with Crippen LogP contribution in [0.2, 0.25) is 0 Å². The fourth-order valence-corrected chi connectivity index (χ4v) is 2.03. The molecule has 7 heteroatoms. The first-order chi connectivity index (χ1) is 11.7. The molecule has 3 aromatic rings. The summed E-state index contributed by atoms with van der Waals surface area (Å²) in [4.78, 5) is 19.9. The first-order valence-electron chi connectivity index (χ1n) is 7.33. The van der Waals surface area contributed by atoms with E-state index in [0.717, 1.165) is 5.56 Å². The van der Waals surface area contributed by atoms with Gasteiger partial charge in [-0.3, -0.25) is 0 Å². The third-order valence-corrected chi connectivity index (χ3v) is 3.20. The molecule has 2 aromatic heterocycles. The van der Waals surface area contributed by atoms with Gasteiger partial charge in [0, 0.05) is 18.1 Å². The highest BCUT2D eigenvalue weighted by Gasteiger charge is 2.07. The lowest BCUT2D eigenvalue weighted by Crippen LogP contribution is -2.28. The number of aryl methyl sites for hydroxylation is 1.